The van der Waals surface area contributed by atoms with E-state index in [-0.39, 0.29) is 23.7 Å². The summed E-state index contributed by atoms with van der Waals surface area (Å²) in [5, 5.41) is 3.02. The number of amides is 1. The summed E-state index contributed by atoms with van der Waals surface area (Å²) in [6, 6.07) is 11.8. The van der Waals surface area contributed by atoms with E-state index >= 15 is 0 Å². The monoisotopic (exact) mass is 487 g/mol. The number of sulfonamides is 1. The average Bonchev–Trinajstić information content (AvgIpc) is 2.84. The lowest BCUT2D eigenvalue weighted by atomic mass is 9.92. The van der Waals surface area contributed by atoms with E-state index in [1.165, 1.54) is 22.0 Å². The minimum Gasteiger partial charge on any atom is -0.354 e. The molecule has 0 radical (unpaired) electrons. The van der Waals surface area contributed by atoms with Crippen molar-refractivity contribution in [2.24, 2.45) is 5.92 Å². The summed E-state index contributed by atoms with van der Waals surface area (Å²) >= 11 is 0. The number of likely N-dealkylation sites (N-methyl/N-ethyl adjacent to an activating group) is 1. The van der Waals surface area contributed by atoms with Gasteiger partial charge < -0.3 is 10.2 Å². The fraction of sp³-hybridized carbons (Fsp3) is 0.500. The first-order valence-corrected chi connectivity index (χ1v) is 13.5. The molecule has 1 atom stereocenters. The second-order valence-corrected chi connectivity index (χ2v) is 11.5. The van der Waals surface area contributed by atoms with Crippen molar-refractivity contribution in [1.82, 2.24) is 14.5 Å². The van der Waals surface area contributed by atoms with E-state index in [4.69, 9.17) is 0 Å². The molecule has 1 saturated heterocycles. The van der Waals surface area contributed by atoms with Gasteiger partial charge in [-0.3, -0.25) is 4.79 Å². The number of nitrogens with one attached hydrogen (secondary N) is 1. The topological polar surface area (TPSA) is 69.7 Å². The van der Waals surface area contributed by atoms with Crippen molar-refractivity contribution in [3.8, 4) is 0 Å². The maximum atomic E-state index is 13.3. The van der Waals surface area contributed by atoms with Crippen molar-refractivity contribution in [3.05, 3.63) is 65.0 Å². The van der Waals surface area contributed by atoms with Crippen LogP contribution in [0.2, 0.25) is 0 Å². The summed E-state index contributed by atoms with van der Waals surface area (Å²) in [7, 11) is 0.285. The zero-order chi connectivity index (χ0) is 24.3. The van der Waals surface area contributed by atoms with Crippen LogP contribution in [0, 0.1) is 11.7 Å². The molecule has 184 valence electrons. The molecule has 0 bridgehead atoms. The van der Waals surface area contributed by atoms with Gasteiger partial charge in [-0.2, -0.15) is 4.31 Å². The quantitative estimate of drug-likeness (QED) is 0.649. The molecule has 1 N–H and O–H groups in total. The highest BCUT2D eigenvalue weighted by Gasteiger charge is 2.32. The Labute approximate surface area is 202 Å². The third-order valence-electron chi connectivity index (χ3n) is 7.13. The fourth-order valence-electron chi connectivity index (χ4n) is 5.00. The lowest BCUT2D eigenvalue weighted by Gasteiger charge is -2.32. The third kappa shape index (κ3) is 5.50. The van der Waals surface area contributed by atoms with Gasteiger partial charge in [0.1, 0.15) is 5.82 Å². The summed E-state index contributed by atoms with van der Waals surface area (Å²) in [4.78, 5) is 15.2. The number of halogens is 1. The molecule has 2 aromatic rings. The van der Waals surface area contributed by atoms with Gasteiger partial charge in [-0.05, 0) is 93.6 Å². The molecule has 6 nitrogen and oxygen atoms in total. The molecule has 1 aliphatic carbocycles. The molecule has 2 aliphatic rings. The van der Waals surface area contributed by atoms with Crippen molar-refractivity contribution in [2.45, 2.75) is 49.5 Å². The van der Waals surface area contributed by atoms with Gasteiger partial charge >= 0.3 is 0 Å². The molecule has 34 heavy (non-hydrogen) atoms. The molecule has 0 aromatic heterocycles. The number of fused-ring (bicyclic) bond motifs is 1. The highest BCUT2D eigenvalue weighted by molar-refractivity contribution is 7.89. The predicted molar refractivity (Wildman–Crippen MR) is 130 cm³/mol. The molecule has 1 amide bonds. The van der Waals surface area contributed by atoms with Gasteiger partial charge in [-0.15, -0.1) is 0 Å². The smallest absolute Gasteiger partial charge is 0.243 e. The van der Waals surface area contributed by atoms with Crippen molar-refractivity contribution in [1.29, 1.82) is 0 Å². The third-order valence-corrected chi connectivity index (χ3v) is 9.02. The summed E-state index contributed by atoms with van der Waals surface area (Å²) < 4.78 is 41.2. The van der Waals surface area contributed by atoms with E-state index in [1.807, 2.05) is 31.1 Å². The first-order chi connectivity index (χ1) is 16.3. The van der Waals surface area contributed by atoms with Crippen LogP contribution in [-0.2, 0) is 27.7 Å². The van der Waals surface area contributed by atoms with Crippen LogP contribution >= 0.6 is 0 Å². The van der Waals surface area contributed by atoms with Gasteiger partial charge in [0, 0.05) is 25.6 Å². The van der Waals surface area contributed by atoms with Gasteiger partial charge in [0.15, 0.2) is 0 Å². The number of hydrogen-bond acceptors (Lipinski definition) is 4. The molecular formula is C26H34FN3O3S. The Morgan fingerprint density at radius 3 is 2.35 bits per heavy atom. The maximum Gasteiger partial charge on any atom is 0.243 e. The second kappa shape index (κ2) is 10.5. The predicted octanol–water partition coefficient (Wildman–Crippen LogP) is 3.52. The number of hydrogen-bond donors (Lipinski definition) is 1. The molecule has 0 spiro atoms. The summed E-state index contributed by atoms with van der Waals surface area (Å²) in [5.74, 6) is -0.562. The van der Waals surface area contributed by atoms with Crippen LogP contribution in [-0.4, -0.2) is 57.3 Å². The Morgan fingerprint density at radius 1 is 1.06 bits per heavy atom. The normalized spacial score (nSPS) is 18.5. The van der Waals surface area contributed by atoms with Crippen molar-refractivity contribution in [2.75, 3.05) is 33.7 Å². The highest BCUT2D eigenvalue weighted by atomic mass is 32.2. The molecule has 0 saturated carbocycles. The zero-order valence-corrected chi connectivity index (χ0v) is 20.8. The van der Waals surface area contributed by atoms with Crippen LogP contribution in [0.5, 0.6) is 0 Å². The Hall–Kier alpha value is -2.29. The van der Waals surface area contributed by atoms with Gasteiger partial charge in [-0.25, -0.2) is 12.8 Å². The minimum atomic E-state index is -3.56. The van der Waals surface area contributed by atoms with Crippen molar-refractivity contribution in [3.63, 3.8) is 0 Å². The number of piperidine rings is 1. The molecule has 1 fully saturated rings. The first-order valence-electron chi connectivity index (χ1n) is 12.1. The average molecular weight is 488 g/mol. The Morgan fingerprint density at radius 2 is 1.71 bits per heavy atom. The van der Waals surface area contributed by atoms with E-state index in [0.29, 0.717) is 37.4 Å². The van der Waals surface area contributed by atoms with Gasteiger partial charge in [0.2, 0.25) is 15.9 Å². The van der Waals surface area contributed by atoms with Crippen LogP contribution in [0.15, 0.2) is 47.4 Å². The zero-order valence-electron chi connectivity index (χ0n) is 20.0. The standard InChI is InChI=1S/C26H34FN3O3S/c1-29(2)25(20-7-10-23(27)11-8-20)18-28-26(31)21-13-15-30(16-14-21)34(32,33)24-12-9-19-5-3-4-6-22(19)17-24/h7-12,17,21,25H,3-6,13-16,18H2,1-2H3,(H,28,31). The number of rotatable bonds is 7. The van der Waals surface area contributed by atoms with E-state index in [2.05, 4.69) is 5.32 Å². The maximum absolute atomic E-state index is 13.3. The lowest BCUT2D eigenvalue weighted by molar-refractivity contribution is -0.126. The van der Waals surface area contributed by atoms with E-state index in [1.54, 1.807) is 18.2 Å². The number of nitrogens with zero attached hydrogens (tertiary/aromatic N) is 2. The van der Waals surface area contributed by atoms with E-state index in [0.717, 1.165) is 36.8 Å². The Bertz CT molecular complexity index is 1110. The van der Waals surface area contributed by atoms with Crippen molar-refractivity contribution >= 4 is 15.9 Å². The van der Waals surface area contributed by atoms with E-state index in [9.17, 15) is 17.6 Å². The summed E-state index contributed by atoms with van der Waals surface area (Å²) in [5.41, 5.74) is 3.34. The lowest BCUT2D eigenvalue weighted by Crippen LogP contribution is -2.44. The molecule has 1 heterocycles. The number of carbonyl (C=O) groups is 1. The van der Waals surface area contributed by atoms with Gasteiger partial charge in [0.25, 0.3) is 0 Å². The van der Waals surface area contributed by atoms with Crippen LogP contribution in [0.4, 0.5) is 4.39 Å². The Kier molecular flexibility index (Phi) is 7.70. The fourth-order valence-corrected chi connectivity index (χ4v) is 6.52. The molecule has 1 unspecified atom stereocenters. The second-order valence-electron chi connectivity index (χ2n) is 9.59. The number of carbonyl (C=O) groups excluding carboxylic acids is 1. The molecule has 1 aliphatic heterocycles. The van der Waals surface area contributed by atoms with Gasteiger partial charge in [0.05, 0.1) is 10.9 Å². The highest BCUT2D eigenvalue weighted by Crippen LogP contribution is 2.28. The molecule has 8 heteroatoms. The van der Waals surface area contributed by atoms with Crippen LogP contribution in [0.3, 0.4) is 0 Å². The van der Waals surface area contributed by atoms with Crippen molar-refractivity contribution < 1.29 is 17.6 Å². The van der Waals surface area contributed by atoms with Crippen LogP contribution < -0.4 is 5.32 Å². The number of benzene rings is 2. The summed E-state index contributed by atoms with van der Waals surface area (Å²) in [6.07, 6.45) is 5.22. The van der Waals surface area contributed by atoms with Gasteiger partial charge in [-0.1, -0.05) is 18.2 Å². The largest absolute Gasteiger partial charge is 0.354 e. The number of aryl methyl sites for hydroxylation is 2. The molecular weight excluding hydrogens is 453 g/mol. The minimum absolute atomic E-state index is 0.0557. The summed E-state index contributed by atoms with van der Waals surface area (Å²) in [6.45, 7) is 1.09. The van der Waals surface area contributed by atoms with Crippen LogP contribution in [0.25, 0.3) is 0 Å². The first kappa shape index (κ1) is 24.8. The molecule has 4 rings (SSSR count). The molecule has 2 aromatic carbocycles. The SMILES string of the molecule is CN(C)C(CNC(=O)C1CCN(S(=O)(=O)c2ccc3c(c2)CCCC3)CC1)c1ccc(F)cc1. The Balaban J connectivity index is 1.34. The van der Waals surface area contributed by atoms with E-state index < -0.39 is 10.0 Å². The van der Waals surface area contributed by atoms with Crippen LogP contribution in [0.1, 0.15) is 48.4 Å².